The van der Waals surface area contributed by atoms with E-state index >= 15 is 0 Å². The molecule has 1 heterocycles. The van der Waals surface area contributed by atoms with Crippen LogP contribution in [0.1, 0.15) is 41.0 Å². The molecule has 0 unspecified atom stereocenters. The van der Waals surface area contributed by atoms with Crippen molar-refractivity contribution in [2.75, 3.05) is 6.61 Å². The lowest BCUT2D eigenvalue weighted by molar-refractivity contribution is -0.195. The Bertz CT molecular complexity index is 274. The van der Waals surface area contributed by atoms with E-state index in [2.05, 4.69) is 0 Å². The van der Waals surface area contributed by atoms with E-state index < -0.39 is 22.8 Å². The van der Waals surface area contributed by atoms with Crippen LogP contribution in [0.2, 0.25) is 0 Å². The van der Waals surface area contributed by atoms with Gasteiger partial charge in [-0.3, -0.25) is 4.79 Å². The number of carboxylic acid groups (broad SMARTS) is 1. The van der Waals surface area contributed by atoms with Gasteiger partial charge in [-0.05, 0) is 34.1 Å². The van der Waals surface area contributed by atoms with Crippen molar-refractivity contribution in [3.8, 4) is 0 Å². The van der Waals surface area contributed by atoms with Crippen molar-refractivity contribution in [2.24, 2.45) is 5.41 Å². The Kier molecular flexibility index (Phi) is 2.87. The lowest BCUT2D eigenvalue weighted by Crippen LogP contribution is -2.51. The monoisotopic (exact) mass is 216 g/mol. The number of hydrogen-bond donors (Lipinski definition) is 1. The lowest BCUT2D eigenvalue weighted by Gasteiger charge is -2.39. The molecule has 1 aliphatic rings. The van der Waals surface area contributed by atoms with Gasteiger partial charge in [0, 0.05) is 0 Å². The lowest BCUT2D eigenvalue weighted by atomic mass is 9.72. The van der Waals surface area contributed by atoms with E-state index in [1.165, 1.54) is 0 Å². The molecular formula is C11H20O4. The molecule has 0 saturated carbocycles. The van der Waals surface area contributed by atoms with Crippen molar-refractivity contribution in [1.82, 2.24) is 0 Å². The SMILES string of the molecule is CC[C@](C)(C(=O)O)[C@]1(C)COC(C)(C)O1. The maximum atomic E-state index is 11.3. The van der Waals surface area contributed by atoms with Crippen LogP contribution in [0.3, 0.4) is 0 Å². The highest BCUT2D eigenvalue weighted by molar-refractivity contribution is 5.75. The molecular weight excluding hydrogens is 196 g/mol. The summed E-state index contributed by atoms with van der Waals surface area (Å²) in [5.74, 6) is -1.53. The van der Waals surface area contributed by atoms with Gasteiger partial charge in [-0.1, -0.05) is 6.92 Å². The molecule has 1 rings (SSSR count). The summed E-state index contributed by atoms with van der Waals surface area (Å²) in [6.45, 7) is 9.29. The van der Waals surface area contributed by atoms with Gasteiger partial charge in [-0.2, -0.15) is 0 Å². The smallest absolute Gasteiger partial charge is 0.312 e. The molecule has 1 fully saturated rings. The number of ether oxygens (including phenoxy) is 2. The van der Waals surface area contributed by atoms with Gasteiger partial charge in [0.2, 0.25) is 0 Å². The van der Waals surface area contributed by atoms with Crippen molar-refractivity contribution < 1.29 is 19.4 Å². The molecule has 0 aromatic rings. The van der Waals surface area contributed by atoms with Crippen LogP contribution in [0.5, 0.6) is 0 Å². The zero-order chi connectivity index (χ0) is 11.9. The fourth-order valence-electron chi connectivity index (χ4n) is 1.94. The summed E-state index contributed by atoms with van der Waals surface area (Å²) in [6, 6.07) is 0. The summed E-state index contributed by atoms with van der Waals surface area (Å²) in [4.78, 5) is 11.3. The van der Waals surface area contributed by atoms with E-state index in [1.54, 1.807) is 27.7 Å². The van der Waals surface area contributed by atoms with E-state index in [0.29, 0.717) is 13.0 Å². The number of aliphatic carboxylic acids is 1. The number of carbonyl (C=O) groups is 1. The first kappa shape index (κ1) is 12.5. The minimum Gasteiger partial charge on any atom is -0.481 e. The van der Waals surface area contributed by atoms with E-state index in [0.717, 1.165) is 0 Å². The topological polar surface area (TPSA) is 55.8 Å². The van der Waals surface area contributed by atoms with Gasteiger partial charge in [0.05, 0.1) is 12.0 Å². The van der Waals surface area contributed by atoms with E-state index in [9.17, 15) is 9.90 Å². The van der Waals surface area contributed by atoms with E-state index in [1.807, 2.05) is 6.92 Å². The number of rotatable bonds is 3. The van der Waals surface area contributed by atoms with Crippen LogP contribution in [0, 0.1) is 5.41 Å². The maximum Gasteiger partial charge on any atom is 0.312 e. The molecule has 0 bridgehead atoms. The summed E-state index contributed by atoms with van der Waals surface area (Å²) >= 11 is 0. The standard InChI is InChI=1S/C11H20O4/c1-6-10(4,8(12)13)11(5)7-14-9(2,3)15-11/h6-7H2,1-5H3,(H,12,13)/t10-,11+/m1/s1. The fraction of sp³-hybridized carbons (Fsp3) is 0.909. The molecule has 0 aliphatic carbocycles. The van der Waals surface area contributed by atoms with Gasteiger partial charge in [0.15, 0.2) is 5.79 Å². The van der Waals surface area contributed by atoms with Crippen molar-refractivity contribution >= 4 is 5.97 Å². The Hall–Kier alpha value is -0.610. The van der Waals surface area contributed by atoms with Crippen LogP contribution in [0.15, 0.2) is 0 Å². The fourth-order valence-corrected chi connectivity index (χ4v) is 1.94. The first-order valence-electron chi connectivity index (χ1n) is 5.24. The molecule has 1 N–H and O–H groups in total. The first-order chi connectivity index (χ1) is 6.67. The Morgan fingerprint density at radius 1 is 1.47 bits per heavy atom. The van der Waals surface area contributed by atoms with Crippen molar-refractivity contribution in [2.45, 2.75) is 52.4 Å². The van der Waals surface area contributed by atoms with Crippen LogP contribution in [0.25, 0.3) is 0 Å². The van der Waals surface area contributed by atoms with Crippen molar-refractivity contribution in [3.63, 3.8) is 0 Å². The highest BCUT2D eigenvalue weighted by atomic mass is 16.8. The van der Waals surface area contributed by atoms with Crippen LogP contribution in [-0.2, 0) is 14.3 Å². The third kappa shape index (κ3) is 1.88. The van der Waals surface area contributed by atoms with Gasteiger partial charge < -0.3 is 14.6 Å². The minimum atomic E-state index is -0.916. The van der Waals surface area contributed by atoms with Gasteiger partial charge in [0.1, 0.15) is 5.60 Å². The van der Waals surface area contributed by atoms with Crippen LogP contribution < -0.4 is 0 Å². The Morgan fingerprint density at radius 2 is 2.00 bits per heavy atom. The molecule has 1 aliphatic heterocycles. The average molecular weight is 216 g/mol. The van der Waals surface area contributed by atoms with Crippen LogP contribution >= 0.6 is 0 Å². The molecule has 15 heavy (non-hydrogen) atoms. The predicted octanol–water partition coefficient (Wildman–Crippen LogP) is 2.03. The van der Waals surface area contributed by atoms with Crippen molar-refractivity contribution in [1.29, 1.82) is 0 Å². The second-order valence-electron chi connectivity index (χ2n) is 5.01. The zero-order valence-corrected chi connectivity index (χ0v) is 10.1. The van der Waals surface area contributed by atoms with E-state index in [-0.39, 0.29) is 0 Å². The molecule has 0 spiro atoms. The van der Waals surface area contributed by atoms with Gasteiger partial charge in [0.25, 0.3) is 0 Å². The largest absolute Gasteiger partial charge is 0.481 e. The molecule has 4 nitrogen and oxygen atoms in total. The molecule has 1 saturated heterocycles. The normalized spacial score (nSPS) is 33.7. The van der Waals surface area contributed by atoms with Gasteiger partial charge >= 0.3 is 5.97 Å². The molecule has 4 heteroatoms. The summed E-state index contributed by atoms with van der Waals surface area (Å²) in [5.41, 5.74) is -1.68. The minimum absolute atomic E-state index is 0.316. The van der Waals surface area contributed by atoms with E-state index in [4.69, 9.17) is 9.47 Å². The van der Waals surface area contributed by atoms with Crippen LogP contribution in [-0.4, -0.2) is 29.1 Å². The summed E-state index contributed by atoms with van der Waals surface area (Å²) < 4.78 is 11.2. The predicted molar refractivity (Wildman–Crippen MR) is 55.6 cm³/mol. The molecule has 0 aromatic carbocycles. The third-order valence-electron chi connectivity index (χ3n) is 3.51. The average Bonchev–Trinajstić information content (AvgIpc) is 2.40. The van der Waals surface area contributed by atoms with Gasteiger partial charge in [-0.15, -0.1) is 0 Å². The molecule has 0 amide bonds. The summed E-state index contributed by atoms with van der Waals surface area (Å²) in [5, 5.41) is 9.29. The molecule has 0 aromatic heterocycles. The summed E-state index contributed by atoms with van der Waals surface area (Å²) in [6.07, 6.45) is 0.512. The zero-order valence-electron chi connectivity index (χ0n) is 10.1. The summed E-state index contributed by atoms with van der Waals surface area (Å²) in [7, 11) is 0. The first-order valence-corrected chi connectivity index (χ1v) is 5.24. The van der Waals surface area contributed by atoms with Crippen molar-refractivity contribution in [3.05, 3.63) is 0 Å². The Balaban J connectivity index is 3.00. The Morgan fingerprint density at radius 3 is 2.27 bits per heavy atom. The highest BCUT2D eigenvalue weighted by Gasteiger charge is 2.56. The van der Waals surface area contributed by atoms with Crippen LogP contribution in [0.4, 0.5) is 0 Å². The number of carboxylic acids is 1. The molecule has 0 radical (unpaired) electrons. The second-order valence-corrected chi connectivity index (χ2v) is 5.01. The number of hydrogen-bond acceptors (Lipinski definition) is 3. The molecule has 88 valence electrons. The highest BCUT2D eigenvalue weighted by Crippen LogP contribution is 2.45. The third-order valence-corrected chi connectivity index (χ3v) is 3.51. The second kappa shape index (κ2) is 3.46. The maximum absolute atomic E-state index is 11.3. The molecule has 2 atom stereocenters. The Labute approximate surface area is 90.6 Å². The van der Waals surface area contributed by atoms with Gasteiger partial charge in [-0.25, -0.2) is 0 Å². The quantitative estimate of drug-likeness (QED) is 0.784.